The topological polar surface area (TPSA) is 73.8 Å². The number of nitrogens with one attached hydrogen (secondary N) is 2. The predicted molar refractivity (Wildman–Crippen MR) is 119 cm³/mol. The number of benzene rings is 3. The summed E-state index contributed by atoms with van der Waals surface area (Å²) in [6.07, 6.45) is -1.15. The smallest absolute Gasteiger partial charge is 0.311 e. The molecule has 0 saturated heterocycles. The molecule has 0 spiro atoms. The maximum atomic E-state index is 13.8. The third kappa shape index (κ3) is 4.16. The first kappa shape index (κ1) is 20.3. The highest BCUT2D eigenvalue weighted by Gasteiger charge is 2.30. The lowest BCUT2D eigenvalue weighted by atomic mass is 10.0. The number of benzodiazepines with no additional fused rings is 1. The summed E-state index contributed by atoms with van der Waals surface area (Å²) in [4.78, 5) is 31.7. The standard InChI is InChI=1S/C24H21FN4O2/c1-15-12-13-17(14-19(15)25)26-24(31)28-22-23(30)29(2)20-11-7-6-10-18(20)21(27-22)16-8-4-3-5-9-16/h3-14,22H,1-2H3,(H2,26,28,31)/t22-/m0/s1. The Morgan fingerprint density at radius 3 is 2.48 bits per heavy atom. The number of nitrogens with zero attached hydrogens (tertiary/aromatic N) is 2. The summed E-state index contributed by atoms with van der Waals surface area (Å²) in [5.74, 6) is -0.813. The average molecular weight is 416 g/mol. The van der Waals surface area contributed by atoms with E-state index in [1.807, 2.05) is 54.6 Å². The highest BCUT2D eigenvalue weighted by Crippen LogP contribution is 2.27. The first-order valence-corrected chi connectivity index (χ1v) is 9.78. The van der Waals surface area contributed by atoms with Gasteiger partial charge in [-0.15, -0.1) is 0 Å². The Kier molecular flexibility index (Phi) is 5.49. The van der Waals surface area contributed by atoms with E-state index in [-0.39, 0.29) is 11.6 Å². The van der Waals surface area contributed by atoms with E-state index in [4.69, 9.17) is 0 Å². The third-order valence-corrected chi connectivity index (χ3v) is 5.09. The SMILES string of the molecule is Cc1ccc(NC(=O)N[C@@H]2N=C(c3ccccc3)c3ccccc3N(C)C2=O)cc1F. The second kappa shape index (κ2) is 8.39. The van der Waals surface area contributed by atoms with Gasteiger partial charge >= 0.3 is 6.03 Å². The van der Waals surface area contributed by atoms with Gasteiger partial charge in [-0.1, -0.05) is 54.6 Å². The second-order valence-electron chi connectivity index (χ2n) is 7.22. The van der Waals surface area contributed by atoms with Gasteiger partial charge in [-0.3, -0.25) is 4.79 Å². The van der Waals surface area contributed by atoms with E-state index in [2.05, 4.69) is 15.6 Å². The zero-order chi connectivity index (χ0) is 22.0. The molecule has 0 aromatic heterocycles. The predicted octanol–water partition coefficient (Wildman–Crippen LogP) is 4.10. The fraction of sp³-hybridized carbons (Fsp3) is 0.125. The summed E-state index contributed by atoms with van der Waals surface area (Å²) in [5, 5.41) is 5.16. The zero-order valence-corrected chi connectivity index (χ0v) is 17.1. The number of carbonyl (C=O) groups is 2. The van der Waals surface area contributed by atoms with Crippen LogP contribution in [0.4, 0.5) is 20.6 Å². The molecule has 0 radical (unpaired) electrons. The van der Waals surface area contributed by atoms with Crippen molar-refractivity contribution >= 4 is 29.0 Å². The maximum Gasteiger partial charge on any atom is 0.321 e. The van der Waals surface area contributed by atoms with Crippen LogP contribution >= 0.6 is 0 Å². The van der Waals surface area contributed by atoms with Gasteiger partial charge in [0.05, 0.1) is 11.4 Å². The minimum atomic E-state index is -1.15. The van der Waals surface area contributed by atoms with Crippen LogP contribution in [0.5, 0.6) is 0 Å². The minimum Gasteiger partial charge on any atom is -0.311 e. The summed E-state index contributed by atoms with van der Waals surface area (Å²) in [5.41, 5.74) is 3.66. The highest BCUT2D eigenvalue weighted by molar-refractivity contribution is 6.20. The Labute approximate surface area is 179 Å². The summed E-state index contributed by atoms with van der Waals surface area (Å²) in [7, 11) is 1.65. The van der Waals surface area contributed by atoms with Gasteiger partial charge in [-0.05, 0) is 30.7 Å². The van der Waals surface area contributed by atoms with Crippen LogP contribution in [-0.2, 0) is 4.79 Å². The Hall–Kier alpha value is -4.00. The lowest BCUT2D eigenvalue weighted by Gasteiger charge is -2.21. The largest absolute Gasteiger partial charge is 0.321 e. The zero-order valence-electron chi connectivity index (χ0n) is 17.1. The molecule has 0 unspecified atom stereocenters. The molecule has 1 aliphatic rings. The van der Waals surface area contributed by atoms with Crippen LogP contribution in [-0.4, -0.2) is 30.9 Å². The number of urea groups is 1. The lowest BCUT2D eigenvalue weighted by molar-refractivity contribution is -0.119. The van der Waals surface area contributed by atoms with Gasteiger partial charge in [0, 0.05) is 23.9 Å². The van der Waals surface area contributed by atoms with Crippen molar-refractivity contribution in [3.8, 4) is 0 Å². The van der Waals surface area contributed by atoms with Crippen LogP contribution in [0.2, 0.25) is 0 Å². The van der Waals surface area contributed by atoms with Crippen molar-refractivity contribution in [2.45, 2.75) is 13.1 Å². The Bertz CT molecular complexity index is 1180. The van der Waals surface area contributed by atoms with Gasteiger partial charge in [-0.2, -0.15) is 0 Å². The molecule has 6 nitrogen and oxygen atoms in total. The number of carbonyl (C=O) groups excluding carboxylic acids is 2. The average Bonchev–Trinajstić information content (AvgIpc) is 2.88. The molecular weight excluding hydrogens is 395 g/mol. The molecule has 1 atom stereocenters. The van der Waals surface area contributed by atoms with Gasteiger partial charge in [0.1, 0.15) is 5.82 Å². The number of halogens is 1. The number of anilines is 2. The second-order valence-corrected chi connectivity index (χ2v) is 7.22. The van der Waals surface area contributed by atoms with Crippen molar-refractivity contribution in [3.05, 3.63) is 95.3 Å². The van der Waals surface area contributed by atoms with Crippen molar-refractivity contribution in [2.24, 2.45) is 4.99 Å². The molecule has 31 heavy (non-hydrogen) atoms. The van der Waals surface area contributed by atoms with E-state index in [1.54, 1.807) is 26.1 Å². The number of likely N-dealkylation sites (N-methyl/N-ethyl adjacent to an activating group) is 1. The van der Waals surface area contributed by atoms with Gasteiger partial charge in [0.15, 0.2) is 0 Å². The number of aliphatic imine (C=N–C) groups is 1. The molecular formula is C24H21FN4O2. The summed E-state index contributed by atoms with van der Waals surface area (Å²) < 4.78 is 13.8. The van der Waals surface area contributed by atoms with Crippen molar-refractivity contribution in [1.82, 2.24) is 5.32 Å². The highest BCUT2D eigenvalue weighted by atomic mass is 19.1. The molecule has 2 N–H and O–H groups in total. The number of amides is 3. The van der Waals surface area contributed by atoms with Crippen LogP contribution in [0, 0.1) is 12.7 Å². The van der Waals surface area contributed by atoms with Crippen LogP contribution in [0.3, 0.4) is 0 Å². The summed E-state index contributed by atoms with van der Waals surface area (Å²) in [6.45, 7) is 1.64. The van der Waals surface area contributed by atoms with E-state index >= 15 is 0 Å². The van der Waals surface area contributed by atoms with Crippen molar-refractivity contribution in [2.75, 3.05) is 17.3 Å². The Morgan fingerprint density at radius 2 is 1.74 bits per heavy atom. The van der Waals surface area contributed by atoms with Gasteiger partial charge < -0.3 is 15.5 Å². The quantitative estimate of drug-likeness (QED) is 0.675. The molecule has 0 bridgehead atoms. The molecule has 0 aliphatic carbocycles. The van der Waals surface area contributed by atoms with E-state index < -0.39 is 18.0 Å². The van der Waals surface area contributed by atoms with E-state index in [0.29, 0.717) is 17.0 Å². The molecule has 1 aliphatic heterocycles. The summed E-state index contributed by atoms with van der Waals surface area (Å²) >= 11 is 0. The normalized spacial score (nSPS) is 15.6. The Balaban J connectivity index is 1.67. The molecule has 3 amide bonds. The van der Waals surface area contributed by atoms with E-state index in [9.17, 15) is 14.0 Å². The number of rotatable bonds is 3. The monoisotopic (exact) mass is 416 g/mol. The summed E-state index contributed by atoms with van der Waals surface area (Å²) in [6, 6.07) is 20.7. The molecule has 0 fully saturated rings. The van der Waals surface area contributed by atoms with Crippen molar-refractivity contribution < 1.29 is 14.0 Å². The van der Waals surface area contributed by atoms with E-state index in [0.717, 1.165) is 11.1 Å². The number of fused-ring (bicyclic) bond motifs is 1. The third-order valence-electron chi connectivity index (χ3n) is 5.09. The van der Waals surface area contributed by atoms with Crippen molar-refractivity contribution in [1.29, 1.82) is 0 Å². The molecule has 1 heterocycles. The molecule has 3 aromatic carbocycles. The minimum absolute atomic E-state index is 0.283. The number of hydrogen-bond donors (Lipinski definition) is 2. The Morgan fingerprint density at radius 1 is 1.03 bits per heavy atom. The number of hydrogen-bond acceptors (Lipinski definition) is 3. The van der Waals surface area contributed by atoms with Crippen molar-refractivity contribution in [3.63, 3.8) is 0 Å². The molecule has 156 valence electrons. The van der Waals surface area contributed by atoms with Crippen LogP contribution in [0.25, 0.3) is 0 Å². The molecule has 7 heteroatoms. The molecule has 3 aromatic rings. The van der Waals surface area contributed by atoms with Crippen LogP contribution in [0.1, 0.15) is 16.7 Å². The first-order valence-electron chi connectivity index (χ1n) is 9.78. The van der Waals surface area contributed by atoms with Gasteiger partial charge in [0.25, 0.3) is 5.91 Å². The fourth-order valence-corrected chi connectivity index (χ4v) is 3.40. The maximum absolute atomic E-state index is 13.8. The van der Waals surface area contributed by atoms with Gasteiger partial charge in [-0.25, -0.2) is 14.2 Å². The first-order chi connectivity index (χ1) is 14.9. The number of aryl methyl sites for hydroxylation is 1. The van der Waals surface area contributed by atoms with Gasteiger partial charge in [0.2, 0.25) is 6.17 Å². The van der Waals surface area contributed by atoms with Crippen LogP contribution < -0.4 is 15.5 Å². The lowest BCUT2D eigenvalue weighted by Crippen LogP contribution is -2.47. The molecule has 4 rings (SSSR count). The molecule has 0 saturated carbocycles. The van der Waals surface area contributed by atoms with E-state index in [1.165, 1.54) is 11.0 Å². The number of para-hydroxylation sites is 1. The van der Waals surface area contributed by atoms with Crippen LogP contribution in [0.15, 0.2) is 77.8 Å². The fourth-order valence-electron chi connectivity index (χ4n) is 3.40.